The number of hydrogen-bond acceptors (Lipinski definition) is 8. The van der Waals surface area contributed by atoms with E-state index < -0.39 is 28.1 Å². The molecule has 9 nitrogen and oxygen atoms in total. The van der Waals surface area contributed by atoms with Crippen LogP contribution < -0.4 is 4.74 Å². The lowest BCUT2D eigenvalue weighted by atomic mass is 10.2. The lowest BCUT2D eigenvalue weighted by Gasteiger charge is -2.18. The molecule has 32 heavy (non-hydrogen) atoms. The Morgan fingerprint density at radius 3 is 2.69 bits per heavy atom. The smallest absolute Gasteiger partial charge is 0.328 e. The number of non-ortho nitro benzene ring substituents is 1. The zero-order chi connectivity index (χ0) is 23.4. The van der Waals surface area contributed by atoms with Gasteiger partial charge < -0.3 is 9.47 Å². The van der Waals surface area contributed by atoms with Crippen LogP contribution in [0.3, 0.4) is 0 Å². The number of nitrogens with zero attached hydrogens (tertiary/aromatic N) is 2. The molecule has 1 saturated heterocycles. The molecule has 2 amide bonds. The van der Waals surface area contributed by atoms with Gasteiger partial charge in [0.2, 0.25) is 0 Å². The molecule has 0 spiro atoms. The highest BCUT2D eigenvalue weighted by Gasteiger charge is 2.41. The quantitative estimate of drug-likeness (QED) is 0.159. The van der Waals surface area contributed by atoms with E-state index in [1.54, 1.807) is 36.4 Å². The molecule has 0 aromatic heterocycles. The number of imide groups is 1. The molecule has 1 fully saturated rings. The number of carbonyl (C=O) groups excluding carboxylic acids is 3. The van der Waals surface area contributed by atoms with Crippen molar-refractivity contribution in [1.82, 2.24) is 4.90 Å². The highest BCUT2D eigenvalue weighted by Crippen LogP contribution is 2.34. The fraction of sp³-hybridized carbons (Fsp3) is 0.190. The summed E-state index contributed by atoms with van der Waals surface area (Å²) in [6.07, 6.45) is 1.57. The second-order valence-electron chi connectivity index (χ2n) is 6.66. The van der Waals surface area contributed by atoms with Gasteiger partial charge in [-0.2, -0.15) is 0 Å². The van der Waals surface area contributed by atoms with Gasteiger partial charge in [-0.1, -0.05) is 18.2 Å². The minimum absolute atomic E-state index is 0.00777. The van der Waals surface area contributed by atoms with Crippen LogP contribution in [0, 0.1) is 13.7 Å². The summed E-state index contributed by atoms with van der Waals surface area (Å²) < 4.78 is 11.1. The van der Waals surface area contributed by atoms with Gasteiger partial charge in [-0.05, 0) is 70.6 Å². The van der Waals surface area contributed by atoms with Gasteiger partial charge in [0.1, 0.15) is 18.4 Å². The van der Waals surface area contributed by atoms with Crippen LogP contribution in [0.2, 0.25) is 0 Å². The molecule has 1 heterocycles. The number of nitro benzene ring substituents is 1. The Morgan fingerprint density at radius 2 is 2.03 bits per heavy atom. The van der Waals surface area contributed by atoms with Crippen molar-refractivity contribution in [3.8, 4) is 5.75 Å². The highest BCUT2D eigenvalue weighted by molar-refractivity contribution is 14.1. The summed E-state index contributed by atoms with van der Waals surface area (Å²) in [4.78, 5) is 48.0. The SMILES string of the molecule is COC(=O)[C@H](C)N1C(=O)S/C(=C/c2ccc(OCc3cccc([N+](=O)[O-])c3)c(I)c2)C1=O. The largest absolute Gasteiger partial charge is 0.488 e. The van der Waals surface area contributed by atoms with E-state index in [9.17, 15) is 24.5 Å². The Bertz CT molecular complexity index is 1130. The number of thioether (sulfide) groups is 1. The number of amides is 2. The van der Waals surface area contributed by atoms with Gasteiger partial charge in [0.25, 0.3) is 16.8 Å². The van der Waals surface area contributed by atoms with E-state index in [-0.39, 0.29) is 17.2 Å². The molecule has 0 aliphatic carbocycles. The third-order valence-electron chi connectivity index (χ3n) is 4.52. The van der Waals surface area contributed by atoms with Crippen LogP contribution in [0.15, 0.2) is 47.4 Å². The molecule has 0 radical (unpaired) electrons. The monoisotopic (exact) mass is 568 g/mol. The fourth-order valence-electron chi connectivity index (χ4n) is 2.89. The van der Waals surface area contributed by atoms with Crippen LogP contribution >= 0.6 is 34.4 Å². The summed E-state index contributed by atoms with van der Waals surface area (Å²) in [6.45, 7) is 1.59. The molecule has 2 aromatic rings. The van der Waals surface area contributed by atoms with E-state index in [2.05, 4.69) is 27.3 Å². The van der Waals surface area contributed by atoms with E-state index in [1.165, 1.54) is 26.2 Å². The molecule has 2 aromatic carbocycles. The van der Waals surface area contributed by atoms with E-state index in [0.717, 1.165) is 20.2 Å². The molecule has 11 heteroatoms. The fourth-order valence-corrected chi connectivity index (χ4v) is 4.49. The van der Waals surface area contributed by atoms with Gasteiger partial charge >= 0.3 is 5.97 Å². The average Bonchev–Trinajstić information content (AvgIpc) is 3.04. The van der Waals surface area contributed by atoms with Gasteiger partial charge in [0, 0.05) is 12.1 Å². The Morgan fingerprint density at radius 1 is 1.28 bits per heavy atom. The lowest BCUT2D eigenvalue weighted by molar-refractivity contribution is -0.384. The van der Waals surface area contributed by atoms with Crippen molar-refractivity contribution in [1.29, 1.82) is 0 Å². The number of carbonyl (C=O) groups is 3. The van der Waals surface area contributed by atoms with E-state index in [4.69, 9.17) is 4.74 Å². The molecule has 1 aliphatic rings. The van der Waals surface area contributed by atoms with Crippen LogP contribution in [0.5, 0.6) is 5.75 Å². The molecule has 1 atom stereocenters. The second kappa shape index (κ2) is 10.1. The molecule has 1 aliphatic heterocycles. The molecule has 166 valence electrons. The highest BCUT2D eigenvalue weighted by atomic mass is 127. The summed E-state index contributed by atoms with van der Waals surface area (Å²) >= 11 is 2.83. The molecule has 0 N–H and O–H groups in total. The third kappa shape index (κ3) is 5.27. The number of esters is 1. The molecule has 0 saturated carbocycles. The summed E-state index contributed by atoms with van der Waals surface area (Å²) in [7, 11) is 1.19. The second-order valence-corrected chi connectivity index (χ2v) is 8.81. The summed E-state index contributed by atoms with van der Waals surface area (Å²) in [5.41, 5.74) is 1.33. The van der Waals surface area contributed by atoms with Crippen molar-refractivity contribution < 1.29 is 28.8 Å². The first-order valence-corrected chi connectivity index (χ1v) is 11.1. The van der Waals surface area contributed by atoms with Crippen molar-refractivity contribution in [2.75, 3.05) is 7.11 Å². The topological polar surface area (TPSA) is 116 Å². The predicted octanol–water partition coefficient (Wildman–Crippen LogP) is 4.38. The minimum Gasteiger partial charge on any atom is -0.488 e. The average molecular weight is 568 g/mol. The Kier molecular flexibility index (Phi) is 7.51. The van der Waals surface area contributed by atoms with Crippen molar-refractivity contribution in [2.24, 2.45) is 0 Å². The van der Waals surface area contributed by atoms with E-state index in [0.29, 0.717) is 16.9 Å². The first-order chi connectivity index (χ1) is 15.2. The first kappa shape index (κ1) is 23.7. The van der Waals surface area contributed by atoms with Crippen molar-refractivity contribution >= 4 is 63.2 Å². The van der Waals surface area contributed by atoms with Crippen molar-refractivity contribution in [3.05, 3.63) is 72.2 Å². The molecule has 0 unspecified atom stereocenters. The van der Waals surface area contributed by atoms with Crippen molar-refractivity contribution in [2.45, 2.75) is 19.6 Å². The van der Waals surface area contributed by atoms with Gasteiger partial charge in [-0.15, -0.1) is 0 Å². The number of ether oxygens (including phenoxy) is 2. The normalized spacial score (nSPS) is 15.7. The van der Waals surface area contributed by atoms with E-state index in [1.807, 2.05) is 0 Å². The van der Waals surface area contributed by atoms with Gasteiger partial charge in [0.15, 0.2) is 0 Å². The lowest BCUT2D eigenvalue weighted by Crippen LogP contribution is -2.42. The standard InChI is InChI=1S/C21H17IN2O7S/c1-12(20(26)30-2)23-19(25)18(32-21(23)27)10-13-6-7-17(16(22)9-13)31-11-14-4-3-5-15(8-14)24(28)29/h3-10,12H,11H2,1-2H3/b18-10+/t12-/m0/s1. The van der Waals surface area contributed by atoms with Crippen LogP contribution in [-0.2, 0) is 20.9 Å². The zero-order valence-electron chi connectivity index (χ0n) is 16.9. The first-order valence-electron chi connectivity index (χ1n) is 9.22. The summed E-state index contributed by atoms with van der Waals surface area (Å²) in [6, 6.07) is 10.4. The van der Waals surface area contributed by atoms with Gasteiger partial charge in [-0.25, -0.2) is 4.79 Å². The Hall–Kier alpha value is -2.93. The maximum absolute atomic E-state index is 12.6. The number of benzene rings is 2. The van der Waals surface area contributed by atoms with Crippen LogP contribution in [0.1, 0.15) is 18.1 Å². The third-order valence-corrected chi connectivity index (χ3v) is 6.25. The van der Waals surface area contributed by atoms with Gasteiger partial charge in [0.05, 0.1) is 20.5 Å². The zero-order valence-corrected chi connectivity index (χ0v) is 19.9. The number of nitro groups is 1. The summed E-state index contributed by atoms with van der Waals surface area (Å²) in [5.74, 6) is -0.658. The van der Waals surface area contributed by atoms with Crippen LogP contribution in [-0.4, -0.2) is 40.1 Å². The van der Waals surface area contributed by atoms with Gasteiger partial charge in [-0.3, -0.25) is 24.6 Å². The van der Waals surface area contributed by atoms with Crippen LogP contribution in [0.4, 0.5) is 10.5 Å². The molecular weight excluding hydrogens is 551 g/mol. The number of rotatable bonds is 7. The maximum Gasteiger partial charge on any atom is 0.328 e. The maximum atomic E-state index is 12.6. The molecule has 0 bridgehead atoms. The molecular formula is C21H17IN2O7S. The Labute approximate surface area is 201 Å². The Balaban J connectivity index is 1.72. The van der Waals surface area contributed by atoms with Crippen LogP contribution in [0.25, 0.3) is 6.08 Å². The molecule has 3 rings (SSSR count). The number of halogens is 1. The van der Waals surface area contributed by atoms with E-state index >= 15 is 0 Å². The number of hydrogen-bond donors (Lipinski definition) is 0. The van der Waals surface area contributed by atoms with Crippen molar-refractivity contribution in [3.63, 3.8) is 0 Å². The predicted molar refractivity (Wildman–Crippen MR) is 126 cm³/mol. The minimum atomic E-state index is -1.01. The summed E-state index contributed by atoms with van der Waals surface area (Å²) in [5, 5.41) is 10.4. The number of methoxy groups -OCH3 is 1.